The Bertz CT molecular complexity index is 548. The lowest BCUT2D eigenvalue weighted by atomic mass is 10.0. The maximum atomic E-state index is 11.5. The summed E-state index contributed by atoms with van der Waals surface area (Å²) in [5.41, 5.74) is 1.28. The van der Waals surface area contributed by atoms with Crippen LogP contribution in [0.2, 0.25) is 0 Å². The molecule has 0 bridgehead atoms. The first-order valence-corrected chi connectivity index (χ1v) is 9.58. The topological polar surface area (TPSA) is 52.7 Å². The number of anilines is 1. The molecule has 0 radical (unpaired) electrons. The van der Waals surface area contributed by atoms with E-state index in [9.17, 15) is 8.42 Å². The van der Waals surface area contributed by atoms with Crippen LogP contribution in [0.15, 0.2) is 30.3 Å². The fourth-order valence-electron chi connectivity index (χ4n) is 2.98. The number of nitrogens with zero attached hydrogens (tertiary/aromatic N) is 2. The van der Waals surface area contributed by atoms with E-state index in [1.807, 2.05) is 6.07 Å². The molecule has 1 aromatic carbocycles. The van der Waals surface area contributed by atoms with E-state index < -0.39 is 10.0 Å². The van der Waals surface area contributed by atoms with Crippen molar-refractivity contribution in [2.24, 2.45) is 0 Å². The van der Waals surface area contributed by atoms with E-state index in [-0.39, 0.29) is 5.75 Å². The smallest absolute Gasteiger partial charge is 0.211 e. The fourth-order valence-corrected chi connectivity index (χ4v) is 3.69. The number of benzene rings is 1. The Labute approximate surface area is 134 Å². The van der Waals surface area contributed by atoms with Crippen molar-refractivity contribution >= 4 is 15.7 Å². The van der Waals surface area contributed by atoms with Crippen molar-refractivity contribution in [3.05, 3.63) is 30.3 Å². The molecule has 1 unspecified atom stereocenters. The zero-order valence-electron chi connectivity index (χ0n) is 13.5. The molecule has 1 aliphatic heterocycles. The normalized spacial score (nSPS) is 19.6. The van der Waals surface area contributed by atoms with Crippen LogP contribution in [0.4, 0.5) is 5.69 Å². The average molecular weight is 325 g/mol. The predicted molar refractivity (Wildman–Crippen MR) is 91.8 cm³/mol. The minimum Gasteiger partial charge on any atom is -0.370 e. The molecule has 0 spiro atoms. The molecule has 5 nitrogen and oxygen atoms in total. The standard InChI is InChI=1S/C16H27N3O2S/c1-17-22(20,21)13-7-11-18(2)16-10-6-12-19(14-16)15-8-4-3-5-9-15/h3-5,8-9,16-17H,6-7,10-14H2,1-2H3. The zero-order chi connectivity index (χ0) is 16.0. The van der Waals surface area contributed by atoms with Crippen molar-refractivity contribution in [3.63, 3.8) is 0 Å². The summed E-state index contributed by atoms with van der Waals surface area (Å²) in [4.78, 5) is 4.73. The van der Waals surface area contributed by atoms with Gasteiger partial charge in [-0.3, -0.25) is 0 Å². The summed E-state index contributed by atoms with van der Waals surface area (Å²) in [6, 6.07) is 11.0. The molecule has 0 aliphatic carbocycles. The van der Waals surface area contributed by atoms with E-state index in [0.29, 0.717) is 12.5 Å². The number of hydrogen-bond acceptors (Lipinski definition) is 4. The summed E-state index contributed by atoms with van der Waals surface area (Å²) in [6.45, 7) is 2.93. The maximum Gasteiger partial charge on any atom is 0.211 e. The van der Waals surface area contributed by atoms with Gasteiger partial charge in [0, 0.05) is 24.8 Å². The van der Waals surface area contributed by atoms with Gasteiger partial charge in [-0.25, -0.2) is 13.1 Å². The number of rotatable bonds is 7. The van der Waals surface area contributed by atoms with Gasteiger partial charge < -0.3 is 9.80 Å². The molecular formula is C16H27N3O2S. The number of sulfonamides is 1. The number of likely N-dealkylation sites (N-methyl/N-ethyl adjacent to an activating group) is 1. The molecule has 2 rings (SSSR count). The quantitative estimate of drug-likeness (QED) is 0.826. The van der Waals surface area contributed by atoms with Crippen LogP contribution in [0.1, 0.15) is 19.3 Å². The van der Waals surface area contributed by atoms with Gasteiger partial charge in [-0.1, -0.05) is 18.2 Å². The average Bonchev–Trinajstić information content (AvgIpc) is 2.55. The Morgan fingerprint density at radius 2 is 2.05 bits per heavy atom. The first-order chi connectivity index (χ1) is 10.5. The summed E-state index contributed by atoms with van der Waals surface area (Å²) in [7, 11) is 0.486. The Morgan fingerprint density at radius 3 is 2.73 bits per heavy atom. The van der Waals surface area contributed by atoms with E-state index in [2.05, 4.69) is 45.8 Å². The Hall–Kier alpha value is -1.11. The monoisotopic (exact) mass is 325 g/mol. The van der Waals surface area contributed by atoms with Crippen molar-refractivity contribution in [1.82, 2.24) is 9.62 Å². The maximum absolute atomic E-state index is 11.5. The van der Waals surface area contributed by atoms with Crippen LogP contribution < -0.4 is 9.62 Å². The number of nitrogens with one attached hydrogen (secondary N) is 1. The SMILES string of the molecule is CNS(=O)(=O)CCCN(C)C1CCCN(c2ccccc2)C1. The molecule has 22 heavy (non-hydrogen) atoms. The molecule has 1 aliphatic rings. The highest BCUT2D eigenvalue weighted by atomic mass is 32.2. The Kier molecular flexibility index (Phi) is 6.23. The minimum absolute atomic E-state index is 0.197. The van der Waals surface area contributed by atoms with Crippen LogP contribution in [0.3, 0.4) is 0 Å². The van der Waals surface area contributed by atoms with Gasteiger partial charge in [0.15, 0.2) is 0 Å². The summed E-state index contributed by atoms with van der Waals surface area (Å²) >= 11 is 0. The molecule has 1 fully saturated rings. The lowest BCUT2D eigenvalue weighted by Crippen LogP contribution is -2.47. The van der Waals surface area contributed by atoms with Crippen molar-refractivity contribution in [1.29, 1.82) is 0 Å². The largest absolute Gasteiger partial charge is 0.370 e. The van der Waals surface area contributed by atoms with Gasteiger partial charge in [0.1, 0.15) is 0 Å². The molecule has 0 amide bonds. The molecule has 6 heteroatoms. The van der Waals surface area contributed by atoms with Crippen LogP contribution in [0.5, 0.6) is 0 Å². The fraction of sp³-hybridized carbons (Fsp3) is 0.625. The second-order valence-electron chi connectivity index (χ2n) is 5.93. The molecule has 1 N–H and O–H groups in total. The highest BCUT2D eigenvalue weighted by Gasteiger charge is 2.23. The minimum atomic E-state index is -3.09. The highest BCUT2D eigenvalue weighted by Crippen LogP contribution is 2.21. The summed E-state index contributed by atoms with van der Waals surface area (Å²) in [6.07, 6.45) is 3.03. The van der Waals surface area contributed by atoms with Crippen molar-refractivity contribution in [2.45, 2.75) is 25.3 Å². The van der Waals surface area contributed by atoms with Crippen molar-refractivity contribution in [3.8, 4) is 0 Å². The van der Waals surface area contributed by atoms with Crippen molar-refractivity contribution < 1.29 is 8.42 Å². The van der Waals surface area contributed by atoms with Gasteiger partial charge in [0.05, 0.1) is 5.75 Å². The van der Waals surface area contributed by atoms with E-state index in [4.69, 9.17) is 0 Å². The Balaban J connectivity index is 1.84. The van der Waals surface area contributed by atoms with E-state index in [1.54, 1.807) is 0 Å². The second kappa shape index (κ2) is 7.94. The van der Waals surface area contributed by atoms with Gasteiger partial charge in [0.2, 0.25) is 10.0 Å². The van der Waals surface area contributed by atoms with Crippen LogP contribution >= 0.6 is 0 Å². The Morgan fingerprint density at radius 1 is 1.32 bits per heavy atom. The van der Waals surface area contributed by atoms with Gasteiger partial charge in [-0.2, -0.15) is 0 Å². The molecule has 1 atom stereocenters. The first kappa shape index (κ1) is 17.2. The summed E-state index contributed by atoms with van der Waals surface area (Å²) < 4.78 is 25.3. The van der Waals surface area contributed by atoms with E-state index >= 15 is 0 Å². The summed E-state index contributed by atoms with van der Waals surface area (Å²) in [5, 5.41) is 0. The first-order valence-electron chi connectivity index (χ1n) is 7.93. The lowest BCUT2D eigenvalue weighted by Gasteiger charge is -2.39. The van der Waals surface area contributed by atoms with E-state index in [0.717, 1.165) is 19.6 Å². The molecule has 1 heterocycles. The molecule has 0 aromatic heterocycles. The molecule has 1 aromatic rings. The van der Waals surface area contributed by atoms with Crippen LogP contribution in [0, 0.1) is 0 Å². The number of para-hydroxylation sites is 1. The van der Waals surface area contributed by atoms with Crippen molar-refractivity contribution in [2.75, 3.05) is 44.4 Å². The van der Waals surface area contributed by atoms with E-state index in [1.165, 1.54) is 25.6 Å². The summed E-state index contributed by atoms with van der Waals surface area (Å²) in [5.74, 6) is 0.197. The molecule has 124 valence electrons. The molecule has 0 saturated carbocycles. The van der Waals surface area contributed by atoms with Gasteiger partial charge in [0.25, 0.3) is 0 Å². The number of piperidine rings is 1. The lowest BCUT2D eigenvalue weighted by molar-refractivity contribution is 0.216. The molecule has 1 saturated heterocycles. The third-order valence-corrected chi connectivity index (χ3v) is 5.82. The van der Waals surface area contributed by atoms with Gasteiger partial charge >= 0.3 is 0 Å². The van der Waals surface area contributed by atoms with Gasteiger partial charge in [-0.15, -0.1) is 0 Å². The van der Waals surface area contributed by atoms with Gasteiger partial charge in [-0.05, 0) is 52.0 Å². The predicted octanol–water partition coefficient (Wildman–Crippen LogP) is 1.53. The zero-order valence-corrected chi connectivity index (χ0v) is 14.3. The highest BCUT2D eigenvalue weighted by molar-refractivity contribution is 7.89. The van der Waals surface area contributed by atoms with Crippen LogP contribution in [-0.4, -0.2) is 58.8 Å². The van der Waals surface area contributed by atoms with Crippen LogP contribution in [-0.2, 0) is 10.0 Å². The van der Waals surface area contributed by atoms with Crippen LogP contribution in [0.25, 0.3) is 0 Å². The third kappa shape index (κ3) is 4.97. The second-order valence-corrected chi connectivity index (χ2v) is 7.98. The molecular weight excluding hydrogens is 298 g/mol. The number of hydrogen-bond donors (Lipinski definition) is 1. The third-order valence-electron chi connectivity index (χ3n) is 4.38.